The van der Waals surface area contributed by atoms with Crippen molar-refractivity contribution >= 4 is 33.7 Å². The highest BCUT2D eigenvalue weighted by molar-refractivity contribution is 6.19. The predicted molar refractivity (Wildman–Crippen MR) is 103 cm³/mol. The Kier molecular flexibility index (Phi) is 4.36. The van der Waals surface area contributed by atoms with Crippen LogP contribution in [0.2, 0.25) is 0 Å². The smallest absolute Gasteiger partial charge is 0.337 e. The van der Waals surface area contributed by atoms with E-state index in [1.165, 1.54) is 12.8 Å². The number of carbonyl (C=O) groups excluding carboxylic acids is 1. The van der Waals surface area contributed by atoms with Crippen LogP contribution in [-0.4, -0.2) is 26.7 Å². The minimum absolute atomic E-state index is 0.281. The number of benzene rings is 2. The SMILES string of the molecule is NC(=O)c1cccc2c1c1c(C(O)C(=O)O)cccc1n2CC1CCCC1. The summed E-state index contributed by atoms with van der Waals surface area (Å²) in [6, 6.07) is 10.6. The van der Waals surface area contributed by atoms with E-state index in [1.807, 2.05) is 12.1 Å². The number of rotatable bonds is 5. The van der Waals surface area contributed by atoms with Crippen LogP contribution in [0.15, 0.2) is 36.4 Å². The highest BCUT2D eigenvalue weighted by atomic mass is 16.4. The molecule has 1 unspecified atom stereocenters. The number of aliphatic carboxylic acids is 1. The van der Waals surface area contributed by atoms with E-state index >= 15 is 0 Å². The monoisotopic (exact) mass is 366 g/mol. The molecule has 2 aromatic carbocycles. The fraction of sp³-hybridized carbons (Fsp3) is 0.333. The minimum Gasteiger partial charge on any atom is -0.479 e. The number of nitrogens with two attached hydrogens (primary N) is 1. The molecule has 3 aromatic rings. The van der Waals surface area contributed by atoms with Gasteiger partial charge in [0.15, 0.2) is 6.10 Å². The van der Waals surface area contributed by atoms with E-state index in [9.17, 15) is 19.8 Å². The van der Waals surface area contributed by atoms with Crippen molar-refractivity contribution in [3.05, 3.63) is 47.5 Å². The standard InChI is InChI=1S/C21H22N2O4/c22-20(25)14-8-4-10-16-18(14)17-13(19(24)21(26)27)7-3-9-15(17)23(16)11-12-5-1-2-6-12/h3-4,7-10,12,19,24H,1-2,5-6,11H2,(H2,22,25)(H,26,27). The van der Waals surface area contributed by atoms with Crippen LogP contribution in [0.5, 0.6) is 0 Å². The number of carbonyl (C=O) groups is 2. The first kappa shape index (κ1) is 17.5. The van der Waals surface area contributed by atoms with Gasteiger partial charge in [0, 0.05) is 39.5 Å². The molecule has 0 bridgehead atoms. The average Bonchev–Trinajstić information content (AvgIpc) is 3.28. The molecular formula is C21H22N2O4. The summed E-state index contributed by atoms with van der Waals surface area (Å²) < 4.78 is 2.14. The molecule has 0 spiro atoms. The Bertz CT molecular complexity index is 1050. The summed E-state index contributed by atoms with van der Waals surface area (Å²) in [5, 5.41) is 20.8. The van der Waals surface area contributed by atoms with Gasteiger partial charge >= 0.3 is 5.97 Å². The lowest BCUT2D eigenvalue weighted by molar-refractivity contribution is -0.146. The summed E-state index contributed by atoms with van der Waals surface area (Å²) in [4.78, 5) is 23.5. The van der Waals surface area contributed by atoms with Crippen LogP contribution in [0, 0.1) is 5.92 Å². The van der Waals surface area contributed by atoms with Gasteiger partial charge in [-0.1, -0.05) is 31.0 Å². The number of carboxylic acid groups (broad SMARTS) is 1. The molecule has 0 radical (unpaired) electrons. The van der Waals surface area contributed by atoms with E-state index in [4.69, 9.17) is 5.73 Å². The topological polar surface area (TPSA) is 106 Å². The van der Waals surface area contributed by atoms with Gasteiger partial charge in [0.25, 0.3) is 0 Å². The molecular weight excluding hydrogens is 344 g/mol. The van der Waals surface area contributed by atoms with Gasteiger partial charge in [0.2, 0.25) is 5.91 Å². The molecule has 1 atom stereocenters. The molecule has 0 saturated heterocycles. The number of primary amides is 1. The molecule has 1 amide bonds. The molecule has 1 aromatic heterocycles. The highest BCUT2D eigenvalue weighted by Crippen LogP contribution is 2.38. The largest absolute Gasteiger partial charge is 0.479 e. The molecule has 6 nitrogen and oxygen atoms in total. The van der Waals surface area contributed by atoms with E-state index in [0.717, 1.165) is 30.4 Å². The summed E-state index contributed by atoms with van der Waals surface area (Å²) in [7, 11) is 0. The molecule has 4 N–H and O–H groups in total. The Hall–Kier alpha value is -2.86. The fourth-order valence-corrected chi connectivity index (χ4v) is 4.43. The van der Waals surface area contributed by atoms with Crippen LogP contribution in [0.25, 0.3) is 21.8 Å². The van der Waals surface area contributed by atoms with E-state index in [2.05, 4.69) is 4.57 Å². The zero-order valence-corrected chi connectivity index (χ0v) is 14.9. The maximum Gasteiger partial charge on any atom is 0.337 e. The van der Waals surface area contributed by atoms with Crippen molar-refractivity contribution in [1.29, 1.82) is 0 Å². The minimum atomic E-state index is -1.67. The molecule has 27 heavy (non-hydrogen) atoms. The number of hydrogen-bond acceptors (Lipinski definition) is 3. The lowest BCUT2D eigenvalue weighted by atomic mass is 9.99. The second-order valence-electron chi connectivity index (χ2n) is 7.31. The maximum absolute atomic E-state index is 12.1. The van der Waals surface area contributed by atoms with Crippen LogP contribution in [-0.2, 0) is 11.3 Å². The molecule has 140 valence electrons. The molecule has 1 fully saturated rings. The highest BCUT2D eigenvalue weighted by Gasteiger charge is 2.26. The van der Waals surface area contributed by atoms with Crippen LogP contribution in [0.4, 0.5) is 0 Å². The number of aromatic nitrogens is 1. The Morgan fingerprint density at radius 1 is 1.07 bits per heavy atom. The summed E-state index contributed by atoms with van der Waals surface area (Å²) >= 11 is 0. The first-order valence-electron chi connectivity index (χ1n) is 9.23. The molecule has 0 aliphatic heterocycles. The molecule has 1 aliphatic rings. The van der Waals surface area contributed by atoms with Crippen molar-refractivity contribution < 1.29 is 19.8 Å². The van der Waals surface area contributed by atoms with Crippen molar-refractivity contribution in [1.82, 2.24) is 4.57 Å². The van der Waals surface area contributed by atoms with Crippen LogP contribution < -0.4 is 5.73 Å². The van der Waals surface area contributed by atoms with Gasteiger partial charge in [-0.3, -0.25) is 4.79 Å². The summed E-state index contributed by atoms with van der Waals surface area (Å²) in [5.74, 6) is -1.34. The average molecular weight is 366 g/mol. The molecule has 4 rings (SSSR count). The summed E-state index contributed by atoms with van der Waals surface area (Å²) in [5.41, 5.74) is 7.89. The van der Waals surface area contributed by atoms with Crippen molar-refractivity contribution in [2.24, 2.45) is 11.7 Å². The number of fused-ring (bicyclic) bond motifs is 3. The number of nitrogens with zero attached hydrogens (tertiary/aromatic N) is 1. The van der Waals surface area contributed by atoms with Gasteiger partial charge in [0.1, 0.15) is 0 Å². The Labute approximate surface area is 156 Å². The van der Waals surface area contributed by atoms with Gasteiger partial charge in [-0.05, 0) is 37.0 Å². The third-order valence-corrected chi connectivity index (χ3v) is 5.66. The third kappa shape index (κ3) is 2.86. The number of carboxylic acids is 1. The second-order valence-corrected chi connectivity index (χ2v) is 7.31. The molecule has 1 aliphatic carbocycles. The van der Waals surface area contributed by atoms with E-state index < -0.39 is 18.0 Å². The lowest BCUT2D eigenvalue weighted by Crippen LogP contribution is -2.12. The van der Waals surface area contributed by atoms with Crippen molar-refractivity contribution in [2.45, 2.75) is 38.3 Å². The summed E-state index contributed by atoms with van der Waals surface area (Å²) in [6.45, 7) is 0.800. The van der Waals surface area contributed by atoms with Crippen LogP contribution in [0.1, 0.15) is 47.7 Å². The zero-order valence-electron chi connectivity index (χ0n) is 14.9. The van der Waals surface area contributed by atoms with E-state index in [-0.39, 0.29) is 5.56 Å². The van der Waals surface area contributed by atoms with Gasteiger partial charge < -0.3 is 20.5 Å². The van der Waals surface area contributed by atoms with E-state index in [0.29, 0.717) is 22.3 Å². The maximum atomic E-state index is 12.1. The number of amides is 1. The normalized spacial score (nSPS) is 16.2. The lowest BCUT2D eigenvalue weighted by Gasteiger charge is -2.14. The van der Waals surface area contributed by atoms with Gasteiger partial charge in [0.05, 0.1) is 0 Å². The molecule has 1 heterocycles. The Morgan fingerprint density at radius 2 is 1.70 bits per heavy atom. The first-order valence-corrected chi connectivity index (χ1v) is 9.23. The summed E-state index contributed by atoms with van der Waals surface area (Å²) in [6.07, 6.45) is 3.09. The van der Waals surface area contributed by atoms with Crippen molar-refractivity contribution in [3.63, 3.8) is 0 Å². The van der Waals surface area contributed by atoms with Crippen LogP contribution >= 0.6 is 0 Å². The van der Waals surface area contributed by atoms with E-state index in [1.54, 1.807) is 24.3 Å². The number of hydrogen-bond donors (Lipinski definition) is 3. The van der Waals surface area contributed by atoms with Crippen LogP contribution in [0.3, 0.4) is 0 Å². The second kappa shape index (κ2) is 6.70. The zero-order chi connectivity index (χ0) is 19.1. The number of aliphatic hydroxyl groups is 1. The van der Waals surface area contributed by atoms with Crippen molar-refractivity contribution in [3.8, 4) is 0 Å². The molecule has 1 saturated carbocycles. The number of aliphatic hydroxyl groups excluding tert-OH is 1. The van der Waals surface area contributed by atoms with Gasteiger partial charge in [-0.25, -0.2) is 4.79 Å². The van der Waals surface area contributed by atoms with Gasteiger partial charge in [-0.15, -0.1) is 0 Å². The Balaban J connectivity index is 2.07. The third-order valence-electron chi connectivity index (χ3n) is 5.66. The Morgan fingerprint density at radius 3 is 2.33 bits per heavy atom. The molecule has 6 heteroatoms. The predicted octanol–water partition coefficient (Wildman–Crippen LogP) is 3.20. The first-order chi connectivity index (χ1) is 13.0. The fourth-order valence-electron chi connectivity index (χ4n) is 4.43. The quantitative estimate of drug-likeness (QED) is 0.645. The van der Waals surface area contributed by atoms with Gasteiger partial charge in [-0.2, -0.15) is 0 Å². The van der Waals surface area contributed by atoms with Crippen molar-refractivity contribution in [2.75, 3.05) is 0 Å².